The van der Waals surface area contributed by atoms with Crippen molar-refractivity contribution in [3.63, 3.8) is 0 Å². The van der Waals surface area contributed by atoms with Gasteiger partial charge in [-0.05, 0) is 61.2 Å². The van der Waals surface area contributed by atoms with Crippen LogP contribution in [0.5, 0.6) is 5.75 Å². The zero-order valence-corrected chi connectivity index (χ0v) is 17.9. The van der Waals surface area contributed by atoms with Gasteiger partial charge in [0, 0.05) is 56.2 Å². The number of hydrogen-bond acceptors (Lipinski definition) is 5. The van der Waals surface area contributed by atoms with Crippen molar-refractivity contribution in [1.82, 2.24) is 15.2 Å². The van der Waals surface area contributed by atoms with Crippen molar-refractivity contribution < 1.29 is 19.1 Å². The molecule has 0 saturated carbocycles. The molecule has 7 heteroatoms. The van der Waals surface area contributed by atoms with E-state index in [1.165, 1.54) is 0 Å². The largest absolute Gasteiger partial charge is 0.497 e. The first-order valence-electron chi connectivity index (χ1n) is 10.8. The van der Waals surface area contributed by atoms with E-state index >= 15 is 0 Å². The Kier molecular flexibility index (Phi) is 6.51. The number of carbonyl (C=O) groups excluding carboxylic acids is 2. The zero-order chi connectivity index (χ0) is 21.7. The summed E-state index contributed by atoms with van der Waals surface area (Å²) in [6, 6.07) is 11.0. The van der Waals surface area contributed by atoms with Crippen molar-refractivity contribution in [3.8, 4) is 5.75 Å². The predicted molar refractivity (Wildman–Crippen MR) is 116 cm³/mol. The van der Waals surface area contributed by atoms with E-state index in [1.807, 2.05) is 17.0 Å². The molecule has 2 amide bonds. The molecule has 1 aromatic heterocycles. The molecule has 4 rings (SSSR count). The number of likely N-dealkylation sites (tertiary alicyclic amines) is 1. The first-order valence-corrected chi connectivity index (χ1v) is 10.8. The Labute approximate surface area is 182 Å². The molecule has 0 aliphatic carbocycles. The lowest BCUT2D eigenvalue weighted by Gasteiger charge is -2.37. The molecular weight excluding hydrogens is 394 g/mol. The summed E-state index contributed by atoms with van der Waals surface area (Å²) < 4.78 is 10.8. The summed E-state index contributed by atoms with van der Waals surface area (Å²) >= 11 is 0. The maximum Gasteiger partial charge on any atom is 0.253 e. The van der Waals surface area contributed by atoms with Gasteiger partial charge in [0.15, 0.2) is 0 Å². The Morgan fingerprint density at radius 1 is 1.16 bits per heavy atom. The molecule has 164 valence electrons. The van der Waals surface area contributed by atoms with Crippen LogP contribution in [0.3, 0.4) is 0 Å². The second kappa shape index (κ2) is 9.47. The van der Waals surface area contributed by atoms with Crippen LogP contribution in [0.1, 0.15) is 28.8 Å². The molecule has 2 fully saturated rings. The number of nitrogens with zero attached hydrogens (tertiary/aromatic N) is 2. The lowest BCUT2D eigenvalue weighted by atomic mass is 9.71. The minimum absolute atomic E-state index is 0.0287. The molecule has 1 aromatic carbocycles. The van der Waals surface area contributed by atoms with Crippen LogP contribution >= 0.6 is 0 Å². The maximum absolute atomic E-state index is 13.2. The van der Waals surface area contributed by atoms with Gasteiger partial charge in [0.05, 0.1) is 13.0 Å². The molecule has 2 aromatic rings. The summed E-state index contributed by atoms with van der Waals surface area (Å²) in [6.07, 6.45) is 5.86. The molecule has 31 heavy (non-hydrogen) atoms. The van der Waals surface area contributed by atoms with Crippen LogP contribution in [0.2, 0.25) is 0 Å². The third-order valence-corrected chi connectivity index (χ3v) is 6.54. The Hall–Kier alpha value is -2.93. The average Bonchev–Trinajstić information content (AvgIpc) is 3.18. The molecule has 1 unspecified atom stereocenters. The highest BCUT2D eigenvalue weighted by Crippen LogP contribution is 2.44. The van der Waals surface area contributed by atoms with Crippen LogP contribution in [0.15, 0.2) is 48.8 Å². The number of methoxy groups -OCH3 is 1. The number of benzene rings is 1. The first-order chi connectivity index (χ1) is 15.1. The van der Waals surface area contributed by atoms with Crippen LogP contribution in [-0.2, 0) is 16.0 Å². The fourth-order valence-electron chi connectivity index (χ4n) is 4.69. The number of aromatic nitrogens is 1. The van der Waals surface area contributed by atoms with E-state index < -0.39 is 0 Å². The van der Waals surface area contributed by atoms with Crippen molar-refractivity contribution in [2.45, 2.75) is 19.3 Å². The highest BCUT2D eigenvalue weighted by molar-refractivity contribution is 5.95. The molecule has 2 aliphatic rings. The highest BCUT2D eigenvalue weighted by atomic mass is 16.5. The van der Waals surface area contributed by atoms with Gasteiger partial charge in [-0.25, -0.2) is 0 Å². The van der Waals surface area contributed by atoms with Gasteiger partial charge < -0.3 is 19.7 Å². The minimum Gasteiger partial charge on any atom is -0.497 e. The Balaban J connectivity index is 1.44. The fraction of sp³-hybridized carbons (Fsp3) is 0.458. The fourth-order valence-corrected chi connectivity index (χ4v) is 4.69. The van der Waals surface area contributed by atoms with E-state index in [0.29, 0.717) is 44.2 Å². The van der Waals surface area contributed by atoms with E-state index in [1.54, 1.807) is 43.8 Å². The van der Waals surface area contributed by atoms with Gasteiger partial charge in [-0.15, -0.1) is 0 Å². The Bertz CT molecular complexity index is 895. The summed E-state index contributed by atoms with van der Waals surface area (Å²) in [4.78, 5) is 32.2. The molecule has 2 aliphatic heterocycles. The standard InChI is InChI=1S/C24H29N3O4/c1-30-20-4-2-19(3-5-20)23(29)27-16-21(24(17-27)9-14-31-15-10-24)22(28)26-13-8-18-6-11-25-12-7-18/h2-7,11-12,21H,8-10,13-17H2,1H3,(H,26,28). The van der Waals surface area contributed by atoms with Crippen molar-refractivity contribution in [2.75, 3.05) is 40.0 Å². The molecule has 2 saturated heterocycles. The Morgan fingerprint density at radius 3 is 2.55 bits per heavy atom. The lowest BCUT2D eigenvalue weighted by Crippen LogP contribution is -2.44. The van der Waals surface area contributed by atoms with Gasteiger partial charge in [0.1, 0.15) is 5.75 Å². The molecular formula is C24H29N3O4. The number of nitrogens with one attached hydrogen (secondary N) is 1. The van der Waals surface area contributed by atoms with Crippen molar-refractivity contribution in [1.29, 1.82) is 0 Å². The van der Waals surface area contributed by atoms with Gasteiger partial charge in [-0.2, -0.15) is 0 Å². The molecule has 3 heterocycles. The van der Waals surface area contributed by atoms with E-state index in [9.17, 15) is 9.59 Å². The Morgan fingerprint density at radius 2 is 1.87 bits per heavy atom. The number of pyridine rings is 1. The lowest BCUT2D eigenvalue weighted by molar-refractivity contribution is -0.129. The highest BCUT2D eigenvalue weighted by Gasteiger charge is 2.51. The summed E-state index contributed by atoms with van der Waals surface area (Å²) in [5.41, 5.74) is 1.53. The van der Waals surface area contributed by atoms with Crippen molar-refractivity contribution in [3.05, 3.63) is 59.9 Å². The predicted octanol–water partition coefficient (Wildman–Crippen LogP) is 2.32. The zero-order valence-electron chi connectivity index (χ0n) is 17.9. The molecule has 1 spiro atoms. The van der Waals surface area contributed by atoms with E-state index in [2.05, 4.69) is 10.3 Å². The summed E-state index contributed by atoms with van der Waals surface area (Å²) in [5, 5.41) is 3.10. The molecule has 7 nitrogen and oxygen atoms in total. The minimum atomic E-state index is -0.226. The molecule has 0 bridgehead atoms. The van der Waals surface area contributed by atoms with Crippen LogP contribution in [0.4, 0.5) is 0 Å². The van der Waals surface area contributed by atoms with Crippen molar-refractivity contribution in [2.24, 2.45) is 11.3 Å². The number of carbonyl (C=O) groups is 2. The van der Waals surface area contributed by atoms with E-state index in [-0.39, 0.29) is 23.1 Å². The quantitative estimate of drug-likeness (QED) is 0.771. The molecule has 1 atom stereocenters. The summed E-state index contributed by atoms with van der Waals surface area (Å²) in [6.45, 7) is 2.85. The van der Waals surface area contributed by atoms with Gasteiger partial charge in [0.2, 0.25) is 5.91 Å². The second-order valence-electron chi connectivity index (χ2n) is 8.34. The second-order valence-corrected chi connectivity index (χ2v) is 8.34. The summed E-state index contributed by atoms with van der Waals surface area (Å²) in [5.74, 6) is 0.475. The third kappa shape index (κ3) is 4.71. The summed E-state index contributed by atoms with van der Waals surface area (Å²) in [7, 11) is 1.60. The van der Waals surface area contributed by atoms with Gasteiger partial charge in [-0.3, -0.25) is 14.6 Å². The number of ether oxygens (including phenoxy) is 2. The average molecular weight is 424 g/mol. The third-order valence-electron chi connectivity index (χ3n) is 6.54. The van der Waals surface area contributed by atoms with Crippen LogP contribution < -0.4 is 10.1 Å². The van der Waals surface area contributed by atoms with Crippen LogP contribution in [0.25, 0.3) is 0 Å². The normalized spacial score (nSPS) is 19.9. The maximum atomic E-state index is 13.2. The van der Waals surface area contributed by atoms with E-state index in [0.717, 1.165) is 24.8 Å². The van der Waals surface area contributed by atoms with Crippen molar-refractivity contribution >= 4 is 11.8 Å². The van der Waals surface area contributed by atoms with Gasteiger partial charge in [0.25, 0.3) is 5.91 Å². The van der Waals surface area contributed by atoms with Crippen LogP contribution in [0, 0.1) is 11.3 Å². The molecule has 0 radical (unpaired) electrons. The number of hydrogen-bond donors (Lipinski definition) is 1. The van der Waals surface area contributed by atoms with E-state index in [4.69, 9.17) is 9.47 Å². The van der Waals surface area contributed by atoms with Gasteiger partial charge >= 0.3 is 0 Å². The monoisotopic (exact) mass is 423 g/mol. The number of rotatable bonds is 6. The van der Waals surface area contributed by atoms with Crippen LogP contribution in [-0.4, -0.2) is 61.7 Å². The number of amides is 2. The van der Waals surface area contributed by atoms with Gasteiger partial charge in [-0.1, -0.05) is 0 Å². The smallest absolute Gasteiger partial charge is 0.253 e. The molecule has 1 N–H and O–H groups in total. The SMILES string of the molecule is COc1ccc(C(=O)N2CC(C(=O)NCCc3ccncc3)C3(CCOCC3)C2)cc1. The first kappa shape index (κ1) is 21.3. The topological polar surface area (TPSA) is 80.8 Å².